The van der Waals surface area contributed by atoms with Crippen LogP contribution in [0, 0.1) is 11.2 Å². The first kappa shape index (κ1) is 14.3. The molecule has 0 bridgehead atoms. The normalized spacial score (nSPS) is 19.4. The summed E-state index contributed by atoms with van der Waals surface area (Å²) < 4.78 is 18.6. The molecule has 1 unspecified atom stereocenters. The van der Waals surface area contributed by atoms with Gasteiger partial charge in [0.15, 0.2) is 11.6 Å². The van der Waals surface area contributed by atoms with Gasteiger partial charge in [0.2, 0.25) is 0 Å². The number of hydrogen-bond donors (Lipinski definition) is 1. The van der Waals surface area contributed by atoms with Gasteiger partial charge in [-0.2, -0.15) is 0 Å². The molecule has 1 fully saturated rings. The predicted octanol–water partition coefficient (Wildman–Crippen LogP) is 4.07. The smallest absolute Gasteiger partial charge is 0.165 e. The average Bonchev–Trinajstić information content (AvgIpc) is 2.83. The summed E-state index contributed by atoms with van der Waals surface area (Å²) in [5.41, 5.74) is 1.39. The Hall–Kier alpha value is -1.09. The molecular weight excluding hydrogens is 241 g/mol. The number of hydrogen-bond acceptors (Lipinski definition) is 2. The molecule has 0 radical (unpaired) electrons. The van der Waals surface area contributed by atoms with E-state index in [9.17, 15) is 4.39 Å². The molecule has 0 amide bonds. The Morgan fingerprint density at radius 3 is 2.63 bits per heavy atom. The third-order valence-electron chi connectivity index (χ3n) is 4.32. The minimum atomic E-state index is -0.291. The second kappa shape index (κ2) is 5.91. The predicted molar refractivity (Wildman–Crippen MR) is 75.9 cm³/mol. The molecule has 106 valence electrons. The molecule has 0 saturated heterocycles. The highest BCUT2D eigenvalue weighted by molar-refractivity contribution is 5.30. The van der Waals surface area contributed by atoms with Crippen LogP contribution in [-0.2, 0) is 0 Å². The standard InChI is InChI=1S/C16H24FNO/c1-12(18-11-16(2)8-4-5-9-16)13-6-7-15(19-3)14(17)10-13/h6-7,10,12,18H,4-5,8-9,11H2,1-3H3. The van der Waals surface area contributed by atoms with Crippen molar-refractivity contribution in [3.05, 3.63) is 29.6 Å². The molecule has 19 heavy (non-hydrogen) atoms. The second-order valence-corrected chi connectivity index (χ2v) is 6.01. The summed E-state index contributed by atoms with van der Waals surface area (Å²) in [6.45, 7) is 5.43. The topological polar surface area (TPSA) is 21.3 Å². The summed E-state index contributed by atoms with van der Waals surface area (Å²) >= 11 is 0. The van der Waals surface area contributed by atoms with Crippen LogP contribution in [0.15, 0.2) is 18.2 Å². The first-order valence-electron chi connectivity index (χ1n) is 7.11. The van der Waals surface area contributed by atoms with Crippen molar-refractivity contribution in [1.29, 1.82) is 0 Å². The van der Waals surface area contributed by atoms with Crippen LogP contribution in [0.3, 0.4) is 0 Å². The monoisotopic (exact) mass is 265 g/mol. The van der Waals surface area contributed by atoms with Crippen LogP contribution in [0.1, 0.15) is 51.1 Å². The van der Waals surface area contributed by atoms with Gasteiger partial charge in [0.05, 0.1) is 7.11 Å². The largest absolute Gasteiger partial charge is 0.494 e. The van der Waals surface area contributed by atoms with E-state index < -0.39 is 0 Å². The van der Waals surface area contributed by atoms with Crippen molar-refractivity contribution in [3.8, 4) is 5.75 Å². The van der Waals surface area contributed by atoms with Crippen molar-refractivity contribution in [1.82, 2.24) is 5.32 Å². The van der Waals surface area contributed by atoms with Gasteiger partial charge in [-0.3, -0.25) is 0 Å². The number of benzene rings is 1. The fourth-order valence-electron chi connectivity index (χ4n) is 2.87. The van der Waals surface area contributed by atoms with E-state index in [0.717, 1.165) is 12.1 Å². The van der Waals surface area contributed by atoms with Gasteiger partial charge in [-0.05, 0) is 42.9 Å². The molecule has 1 aromatic rings. The van der Waals surface area contributed by atoms with Crippen molar-refractivity contribution in [2.45, 2.75) is 45.6 Å². The van der Waals surface area contributed by atoms with Crippen LogP contribution in [0.5, 0.6) is 5.75 Å². The number of nitrogens with one attached hydrogen (secondary N) is 1. The van der Waals surface area contributed by atoms with Gasteiger partial charge in [-0.1, -0.05) is 25.8 Å². The maximum Gasteiger partial charge on any atom is 0.165 e. The van der Waals surface area contributed by atoms with Crippen molar-refractivity contribution < 1.29 is 9.13 Å². The summed E-state index contributed by atoms with van der Waals surface area (Å²) in [7, 11) is 1.49. The summed E-state index contributed by atoms with van der Waals surface area (Å²) in [4.78, 5) is 0. The van der Waals surface area contributed by atoms with Gasteiger partial charge < -0.3 is 10.1 Å². The highest BCUT2D eigenvalue weighted by atomic mass is 19.1. The summed E-state index contributed by atoms with van der Waals surface area (Å²) in [5, 5.41) is 3.54. The fraction of sp³-hybridized carbons (Fsp3) is 0.625. The van der Waals surface area contributed by atoms with E-state index in [1.54, 1.807) is 12.1 Å². The highest BCUT2D eigenvalue weighted by Gasteiger charge is 2.28. The lowest BCUT2D eigenvalue weighted by Gasteiger charge is -2.26. The lowest BCUT2D eigenvalue weighted by atomic mass is 9.88. The minimum Gasteiger partial charge on any atom is -0.494 e. The van der Waals surface area contributed by atoms with Gasteiger partial charge >= 0.3 is 0 Å². The molecule has 1 N–H and O–H groups in total. The van der Waals surface area contributed by atoms with Crippen molar-refractivity contribution in [2.24, 2.45) is 5.41 Å². The third kappa shape index (κ3) is 3.47. The molecule has 0 aliphatic heterocycles. The number of halogens is 1. The third-order valence-corrected chi connectivity index (χ3v) is 4.32. The Morgan fingerprint density at radius 1 is 1.37 bits per heavy atom. The second-order valence-electron chi connectivity index (χ2n) is 6.01. The molecule has 1 saturated carbocycles. The van der Waals surface area contributed by atoms with Gasteiger partial charge in [0.25, 0.3) is 0 Å². The van der Waals surface area contributed by atoms with Gasteiger partial charge in [0, 0.05) is 12.6 Å². The lowest BCUT2D eigenvalue weighted by Crippen LogP contribution is -2.31. The van der Waals surface area contributed by atoms with Crippen molar-refractivity contribution >= 4 is 0 Å². The lowest BCUT2D eigenvalue weighted by molar-refractivity contribution is 0.301. The van der Waals surface area contributed by atoms with Crippen LogP contribution in [0.25, 0.3) is 0 Å². The van der Waals surface area contributed by atoms with Gasteiger partial charge in [-0.15, -0.1) is 0 Å². The molecule has 1 aromatic carbocycles. The molecule has 1 atom stereocenters. The molecule has 3 heteroatoms. The molecule has 1 aliphatic carbocycles. The van der Waals surface area contributed by atoms with Crippen LogP contribution in [0.2, 0.25) is 0 Å². The molecule has 0 heterocycles. The summed E-state index contributed by atoms with van der Waals surface area (Å²) in [6, 6.07) is 5.35. The summed E-state index contributed by atoms with van der Waals surface area (Å²) in [5.74, 6) is 0.0134. The molecule has 1 aliphatic rings. The Bertz CT molecular complexity index is 427. The van der Waals surface area contributed by atoms with E-state index in [0.29, 0.717) is 11.2 Å². The van der Waals surface area contributed by atoms with Gasteiger partial charge in [-0.25, -0.2) is 4.39 Å². The Labute approximate surface area is 115 Å². The SMILES string of the molecule is COc1ccc(C(C)NCC2(C)CCCC2)cc1F. The first-order chi connectivity index (χ1) is 9.04. The van der Waals surface area contributed by atoms with E-state index in [1.165, 1.54) is 32.8 Å². The maximum atomic E-state index is 13.7. The zero-order chi connectivity index (χ0) is 13.9. The molecule has 2 rings (SSSR count). The molecule has 2 nitrogen and oxygen atoms in total. The maximum absolute atomic E-state index is 13.7. The van der Waals surface area contributed by atoms with Gasteiger partial charge in [0.1, 0.15) is 0 Å². The van der Waals surface area contributed by atoms with E-state index in [4.69, 9.17) is 4.74 Å². The molecule has 0 spiro atoms. The fourth-order valence-corrected chi connectivity index (χ4v) is 2.87. The van der Waals surface area contributed by atoms with E-state index in [-0.39, 0.29) is 11.9 Å². The van der Waals surface area contributed by atoms with Crippen LogP contribution >= 0.6 is 0 Å². The van der Waals surface area contributed by atoms with E-state index >= 15 is 0 Å². The number of ether oxygens (including phenoxy) is 1. The Balaban J connectivity index is 1.95. The number of rotatable bonds is 5. The zero-order valence-electron chi connectivity index (χ0n) is 12.1. The van der Waals surface area contributed by atoms with Crippen LogP contribution in [0.4, 0.5) is 4.39 Å². The quantitative estimate of drug-likeness (QED) is 0.866. The van der Waals surface area contributed by atoms with E-state index in [1.807, 2.05) is 6.07 Å². The number of methoxy groups -OCH3 is 1. The summed E-state index contributed by atoms with van der Waals surface area (Å²) in [6.07, 6.45) is 5.26. The van der Waals surface area contributed by atoms with E-state index in [2.05, 4.69) is 19.2 Å². The van der Waals surface area contributed by atoms with Crippen molar-refractivity contribution in [3.63, 3.8) is 0 Å². The highest BCUT2D eigenvalue weighted by Crippen LogP contribution is 2.37. The zero-order valence-corrected chi connectivity index (χ0v) is 12.1. The molecular formula is C16H24FNO. The Kier molecular flexibility index (Phi) is 4.46. The Morgan fingerprint density at radius 2 is 2.05 bits per heavy atom. The van der Waals surface area contributed by atoms with Crippen LogP contribution < -0.4 is 10.1 Å². The first-order valence-corrected chi connectivity index (χ1v) is 7.11. The van der Waals surface area contributed by atoms with Crippen LogP contribution in [-0.4, -0.2) is 13.7 Å². The average molecular weight is 265 g/mol. The molecule has 0 aromatic heterocycles. The minimum absolute atomic E-state index is 0.165. The van der Waals surface area contributed by atoms with Crippen molar-refractivity contribution in [2.75, 3.05) is 13.7 Å².